The van der Waals surface area contributed by atoms with Crippen LogP contribution in [0.2, 0.25) is 0 Å². The van der Waals surface area contributed by atoms with Gasteiger partial charge in [0.05, 0.1) is 11.7 Å². The van der Waals surface area contributed by atoms with Crippen molar-refractivity contribution in [2.24, 2.45) is 5.92 Å². The van der Waals surface area contributed by atoms with Crippen molar-refractivity contribution in [3.8, 4) is 0 Å². The lowest BCUT2D eigenvalue weighted by atomic mass is 9.90. The highest BCUT2D eigenvalue weighted by atomic mass is 19.4. The van der Waals surface area contributed by atoms with Crippen LogP contribution in [0, 0.1) is 12.8 Å². The van der Waals surface area contributed by atoms with Crippen molar-refractivity contribution in [1.82, 2.24) is 0 Å². The summed E-state index contributed by atoms with van der Waals surface area (Å²) in [5.74, 6) is 0.0467. The summed E-state index contributed by atoms with van der Waals surface area (Å²) in [4.78, 5) is 0. The van der Waals surface area contributed by atoms with Gasteiger partial charge in [0, 0.05) is 0 Å². The molecule has 1 aromatic rings. The molecule has 0 aliphatic heterocycles. The van der Waals surface area contributed by atoms with Gasteiger partial charge >= 0.3 is 6.18 Å². The van der Waals surface area contributed by atoms with Crippen LogP contribution in [0.5, 0.6) is 0 Å². The second-order valence-corrected chi connectivity index (χ2v) is 4.78. The van der Waals surface area contributed by atoms with Gasteiger partial charge in [0.15, 0.2) is 0 Å². The summed E-state index contributed by atoms with van der Waals surface area (Å²) in [5, 5.41) is 10.1. The van der Waals surface area contributed by atoms with Crippen molar-refractivity contribution >= 4 is 0 Å². The fraction of sp³-hybridized carbons (Fsp3) is 0.571. The summed E-state index contributed by atoms with van der Waals surface area (Å²) in [6.45, 7) is 5.53. The van der Waals surface area contributed by atoms with E-state index in [1.807, 2.05) is 13.8 Å². The van der Waals surface area contributed by atoms with E-state index in [1.165, 1.54) is 6.07 Å². The van der Waals surface area contributed by atoms with Crippen LogP contribution in [0.15, 0.2) is 18.2 Å². The number of hydrogen-bond acceptors (Lipinski definition) is 1. The van der Waals surface area contributed by atoms with Gasteiger partial charge in [-0.1, -0.05) is 26.3 Å². The summed E-state index contributed by atoms with van der Waals surface area (Å²) in [5.41, 5.74) is 0.406. The third-order valence-electron chi connectivity index (χ3n) is 3.20. The molecule has 0 spiro atoms. The molecule has 0 saturated heterocycles. The van der Waals surface area contributed by atoms with E-state index in [0.717, 1.165) is 25.0 Å². The number of rotatable bonds is 4. The molecule has 102 valence electrons. The molecule has 1 nitrogen and oxygen atoms in total. The maximum Gasteiger partial charge on any atom is 0.416 e. The van der Waals surface area contributed by atoms with E-state index in [2.05, 4.69) is 0 Å². The lowest BCUT2D eigenvalue weighted by Gasteiger charge is -2.21. The number of hydrogen-bond donors (Lipinski definition) is 1. The molecule has 1 N–H and O–H groups in total. The Kier molecular flexibility index (Phi) is 4.79. The normalized spacial score (nSPS) is 15.5. The highest BCUT2D eigenvalue weighted by Gasteiger charge is 2.31. The summed E-state index contributed by atoms with van der Waals surface area (Å²) < 4.78 is 37.6. The molecule has 0 bridgehead atoms. The third kappa shape index (κ3) is 3.48. The van der Waals surface area contributed by atoms with Gasteiger partial charge in [-0.05, 0) is 42.5 Å². The highest BCUT2D eigenvalue weighted by Crippen LogP contribution is 2.33. The van der Waals surface area contributed by atoms with Crippen molar-refractivity contribution in [3.63, 3.8) is 0 Å². The summed E-state index contributed by atoms with van der Waals surface area (Å²) >= 11 is 0. The van der Waals surface area contributed by atoms with Crippen molar-refractivity contribution in [2.75, 3.05) is 0 Å². The first-order valence-electron chi connectivity index (χ1n) is 6.13. The first-order chi connectivity index (χ1) is 8.27. The molecule has 4 heteroatoms. The first-order valence-corrected chi connectivity index (χ1v) is 6.13. The molecular weight excluding hydrogens is 241 g/mol. The Morgan fingerprint density at radius 3 is 2.33 bits per heavy atom. The third-order valence-corrected chi connectivity index (χ3v) is 3.20. The van der Waals surface area contributed by atoms with Crippen molar-refractivity contribution in [1.29, 1.82) is 0 Å². The monoisotopic (exact) mass is 260 g/mol. The van der Waals surface area contributed by atoms with Gasteiger partial charge in [0.25, 0.3) is 0 Å². The van der Waals surface area contributed by atoms with Gasteiger partial charge in [-0.2, -0.15) is 13.2 Å². The summed E-state index contributed by atoms with van der Waals surface area (Å²) in [7, 11) is 0. The average molecular weight is 260 g/mol. The number of aliphatic hydroxyl groups excluding tert-OH is 1. The van der Waals surface area contributed by atoms with E-state index in [1.54, 1.807) is 6.92 Å². The molecule has 0 radical (unpaired) electrons. The van der Waals surface area contributed by atoms with Crippen LogP contribution >= 0.6 is 0 Å². The van der Waals surface area contributed by atoms with E-state index >= 15 is 0 Å². The molecule has 0 heterocycles. The van der Waals surface area contributed by atoms with Crippen LogP contribution in [-0.2, 0) is 6.18 Å². The van der Waals surface area contributed by atoms with Gasteiger partial charge in [-0.15, -0.1) is 0 Å². The minimum atomic E-state index is -4.33. The minimum absolute atomic E-state index is 0.0467. The fourth-order valence-corrected chi connectivity index (χ4v) is 2.10. The van der Waals surface area contributed by atoms with Gasteiger partial charge < -0.3 is 5.11 Å². The van der Waals surface area contributed by atoms with Crippen molar-refractivity contribution in [3.05, 3.63) is 34.9 Å². The largest absolute Gasteiger partial charge is 0.416 e. The Morgan fingerprint density at radius 1 is 1.28 bits per heavy atom. The number of halogens is 3. The quantitative estimate of drug-likeness (QED) is 0.846. The molecule has 0 aliphatic carbocycles. The second-order valence-electron chi connectivity index (χ2n) is 4.78. The van der Waals surface area contributed by atoms with E-state index < -0.39 is 17.8 Å². The van der Waals surface area contributed by atoms with E-state index in [9.17, 15) is 18.3 Å². The zero-order valence-corrected chi connectivity index (χ0v) is 10.9. The number of aliphatic hydroxyl groups is 1. The highest BCUT2D eigenvalue weighted by molar-refractivity contribution is 5.34. The Bertz CT molecular complexity index is 399. The van der Waals surface area contributed by atoms with Crippen LogP contribution in [0.3, 0.4) is 0 Å². The van der Waals surface area contributed by atoms with Gasteiger partial charge in [-0.25, -0.2) is 0 Å². The molecular formula is C14H19F3O. The fourth-order valence-electron chi connectivity index (χ4n) is 2.10. The standard InChI is InChI=1S/C14H19F3O/c1-4-5-9(2)13(18)12-7-6-11(8-10(12)3)14(15,16)17/h6-9,13,18H,4-5H2,1-3H3. The number of aryl methyl sites for hydroxylation is 1. The van der Waals surface area contributed by atoms with Crippen LogP contribution < -0.4 is 0 Å². The molecule has 0 fully saturated rings. The average Bonchev–Trinajstić information content (AvgIpc) is 2.27. The predicted octanol–water partition coefficient (Wildman–Crippen LogP) is 4.48. The van der Waals surface area contributed by atoms with Gasteiger partial charge in [0.2, 0.25) is 0 Å². The predicted molar refractivity (Wildman–Crippen MR) is 65.2 cm³/mol. The Balaban J connectivity index is 2.99. The maximum absolute atomic E-state index is 12.5. The zero-order valence-electron chi connectivity index (χ0n) is 10.9. The number of alkyl halides is 3. The van der Waals surface area contributed by atoms with E-state index in [0.29, 0.717) is 11.1 Å². The Morgan fingerprint density at radius 2 is 1.89 bits per heavy atom. The maximum atomic E-state index is 12.5. The minimum Gasteiger partial charge on any atom is -0.388 e. The van der Waals surface area contributed by atoms with Crippen LogP contribution in [0.25, 0.3) is 0 Å². The molecule has 18 heavy (non-hydrogen) atoms. The first kappa shape index (κ1) is 15.0. The molecule has 0 aromatic heterocycles. The van der Waals surface area contributed by atoms with E-state index in [4.69, 9.17) is 0 Å². The van der Waals surface area contributed by atoms with E-state index in [-0.39, 0.29) is 5.92 Å². The molecule has 0 saturated carbocycles. The Hall–Kier alpha value is -1.03. The second kappa shape index (κ2) is 5.74. The molecule has 1 aromatic carbocycles. The van der Waals surface area contributed by atoms with Gasteiger partial charge in [0.1, 0.15) is 0 Å². The van der Waals surface area contributed by atoms with Crippen molar-refractivity contribution in [2.45, 2.75) is 45.9 Å². The topological polar surface area (TPSA) is 20.2 Å². The molecule has 0 amide bonds. The van der Waals surface area contributed by atoms with Crippen LogP contribution in [0.4, 0.5) is 13.2 Å². The zero-order chi connectivity index (χ0) is 13.9. The Labute approximate surface area is 106 Å². The smallest absolute Gasteiger partial charge is 0.388 e. The SMILES string of the molecule is CCCC(C)C(O)c1ccc(C(F)(F)F)cc1C. The van der Waals surface area contributed by atoms with Crippen LogP contribution in [0.1, 0.15) is 49.5 Å². The van der Waals surface area contributed by atoms with Gasteiger partial charge in [-0.3, -0.25) is 0 Å². The van der Waals surface area contributed by atoms with Crippen LogP contribution in [-0.4, -0.2) is 5.11 Å². The van der Waals surface area contributed by atoms with Crippen molar-refractivity contribution < 1.29 is 18.3 Å². The summed E-state index contributed by atoms with van der Waals surface area (Å²) in [6, 6.07) is 3.51. The lowest BCUT2D eigenvalue weighted by Crippen LogP contribution is -2.12. The lowest BCUT2D eigenvalue weighted by molar-refractivity contribution is -0.137. The molecule has 1 rings (SSSR count). The molecule has 0 aliphatic rings. The number of benzene rings is 1. The molecule has 2 atom stereocenters. The summed E-state index contributed by atoms with van der Waals surface area (Å²) in [6.07, 6.45) is -3.24. The molecule has 2 unspecified atom stereocenters.